The second-order valence-corrected chi connectivity index (χ2v) is 4.87. The highest BCUT2D eigenvalue weighted by Crippen LogP contribution is 1.96. The van der Waals surface area contributed by atoms with Gasteiger partial charge >= 0.3 is 0 Å². The highest BCUT2D eigenvalue weighted by atomic mass is 28.2. The Hall–Kier alpha value is 0.0969. The molecule has 3 nitrogen and oxygen atoms in total. The van der Waals surface area contributed by atoms with E-state index in [9.17, 15) is 0 Å². The molecule has 0 radical (unpaired) electrons. The Morgan fingerprint density at radius 3 is 2.27 bits per heavy atom. The van der Waals surface area contributed by atoms with E-state index in [0.717, 1.165) is 12.8 Å². The molecule has 2 N–H and O–H groups in total. The van der Waals surface area contributed by atoms with Crippen molar-refractivity contribution >= 4 is 9.52 Å². The molecule has 0 aromatic carbocycles. The van der Waals surface area contributed by atoms with E-state index in [-0.39, 0.29) is 5.91 Å². The third-order valence-electron chi connectivity index (χ3n) is 1.68. The normalized spacial score (nSPS) is 15.0. The van der Waals surface area contributed by atoms with Crippen LogP contribution in [0.2, 0.25) is 0 Å². The molecule has 11 heavy (non-hydrogen) atoms. The van der Waals surface area contributed by atoms with Gasteiger partial charge in [-0.1, -0.05) is 13.3 Å². The zero-order valence-electron chi connectivity index (χ0n) is 7.67. The van der Waals surface area contributed by atoms with E-state index >= 15 is 0 Å². The summed E-state index contributed by atoms with van der Waals surface area (Å²) in [4.78, 5) is 0. The average molecular weight is 177 g/mol. The van der Waals surface area contributed by atoms with Crippen molar-refractivity contribution in [2.45, 2.75) is 31.3 Å². The first-order valence-electron chi connectivity index (χ1n) is 4.05. The molecular weight excluding hydrogens is 158 g/mol. The van der Waals surface area contributed by atoms with Crippen molar-refractivity contribution in [3.05, 3.63) is 0 Å². The van der Waals surface area contributed by atoms with E-state index in [0.29, 0.717) is 5.67 Å². The lowest BCUT2D eigenvalue weighted by molar-refractivity contribution is -0.0448. The lowest BCUT2D eigenvalue weighted by Gasteiger charge is -2.16. The SMILES string of the molecule is CCCC(N)[SiH2]C(OC)OC. The van der Waals surface area contributed by atoms with E-state index in [1.54, 1.807) is 14.2 Å². The summed E-state index contributed by atoms with van der Waals surface area (Å²) in [7, 11) is 2.90. The molecule has 4 heteroatoms. The van der Waals surface area contributed by atoms with Crippen molar-refractivity contribution in [2.75, 3.05) is 14.2 Å². The van der Waals surface area contributed by atoms with E-state index in [4.69, 9.17) is 15.2 Å². The van der Waals surface area contributed by atoms with Crippen LogP contribution in [0, 0.1) is 0 Å². The van der Waals surface area contributed by atoms with Gasteiger partial charge in [0.25, 0.3) is 0 Å². The van der Waals surface area contributed by atoms with Crippen LogP contribution in [-0.4, -0.2) is 35.3 Å². The summed E-state index contributed by atoms with van der Waals surface area (Å²) in [6.45, 7) is 2.14. The third-order valence-corrected chi connectivity index (χ3v) is 3.75. The summed E-state index contributed by atoms with van der Waals surface area (Å²) in [6, 6.07) is 0. The number of nitrogens with two attached hydrogens (primary N) is 1. The van der Waals surface area contributed by atoms with Gasteiger partial charge in [-0.3, -0.25) is 0 Å². The zero-order chi connectivity index (χ0) is 8.69. The van der Waals surface area contributed by atoms with Crippen LogP contribution in [0.1, 0.15) is 19.8 Å². The van der Waals surface area contributed by atoms with Crippen LogP contribution in [0.4, 0.5) is 0 Å². The zero-order valence-corrected chi connectivity index (χ0v) is 9.08. The standard InChI is InChI=1S/C7H19NO2Si/c1-4-5-6(8)11-7(9-2)10-3/h6-7H,4-5,8,11H2,1-3H3. The average Bonchev–Trinajstić information content (AvgIpc) is 2.01. The van der Waals surface area contributed by atoms with Crippen molar-refractivity contribution in [1.82, 2.24) is 0 Å². The Bertz CT molecular complexity index is 88.5. The van der Waals surface area contributed by atoms with Gasteiger partial charge in [-0.25, -0.2) is 0 Å². The number of hydrogen-bond acceptors (Lipinski definition) is 3. The molecule has 0 aromatic rings. The maximum absolute atomic E-state index is 5.84. The molecule has 0 aromatic heterocycles. The molecule has 0 heterocycles. The molecule has 1 atom stereocenters. The van der Waals surface area contributed by atoms with Gasteiger partial charge in [-0.2, -0.15) is 0 Å². The van der Waals surface area contributed by atoms with Crippen LogP contribution >= 0.6 is 0 Å². The van der Waals surface area contributed by atoms with Crippen LogP contribution in [0.15, 0.2) is 0 Å². The summed E-state index contributed by atoms with van der Waals surface area (Å²) in [5.41, 5.74) is 6.18. The Balaban J connectivity index is 3.44. The first-order chi connectivity index (χ1) is 5.24. The van der Waals surface area contributed by atoms with Gasteiger partial charge in [-0.05, 0) is 12.1 Å². The molecular formula is C7H19NO2Si. The van der Waals surface area contributed by atoms with E-state index in [1.165, 1.54) is 0 Å². The van der Waals surface area contributed by atoms with Crippen molar-refractivity contribution in [3.63, 3.8) is 0 Å². The summed E-state index contributed by atoms with van der Waals surface area (Å²) in [6.07, 6.45) is 2.24. The van der Waals surface area contributed by atoms with E-state index in [2.05, 4.69) is 6.92 Å². The van der Waals surface area contributed by atoms with Crippen LogP contribution in [0.25, 0.3) is 0 Å². The second-order valence-electron chi connectivity index (χ2n) is 2.69. The fourth-order valence-electron chi connectivity index (χ4n) is 1.02. The first kappa shape index (κ1) is 11.1. The van der Waals surface area contributed by atoms with Crippen molar-refractivity contribution in [2.24, 2.45) is 5.73 Å². The lowest BCUT2D eigenvalue weighted by atomic mass is 10.3. The monoisotopic (exact) mass is 177 g/mol. The molecule has 0 aliphatic carbocycles. The summed E-state index contributed by atoms with van der Waals surface area (Å²) < 4.78 is 10.2. The molecule has 0 saturated carbocycles. The molecule has 0 rings (SSSR count). The third kappa shape index (κ3) is 5.38. The van der Waals surface area contributed by atoms with Gasteiger partial charge in [0, 0.05) is 14.2 Å². The smallest absolute Gasteiger partial charge is 0.135 e. The minimum atomic E-state index is -0.428. The quantitative estimate of drug-likeness (QED) is 0.452. The van der Waals surface area contributed by atoms with Gasteiger partial charge in [0.1, 0.15) is 15.4 Å². The Morgan fingerprint density at radius 1 is 1.36 bits per heavy atom. The number of ether oxygens (including phenoxy) is 2. The maximum atomic E-state index is 5.84. The molecule has 0 aliphatic rings. The number of methoxy groups -OCH3 is 2. The molecule has 0 aliphatic heterocycles. The van der Waals surface area contributed by atoms with Crippen molar-refractivity contribution in [1.29, 1.82) is 0 Å². The maximum Gasteiger partial charge on any atom is 0.135 e. The van der Waals surface area contributed by atoms with Crippen LogP contribution in [0.3, 0.4) is 0 Å². The predicted molar refractivity (Wildman–Crippen MR) is 49.2 cm³/mol. The second kappa shape index (κ2) is 6.79. The van der Waals surface area contributed by atoms with Gasteiger partial charge in [0.15, 0.2) is 0 Å². The molecule has 0 bridgehead atoms. The van der Waals surface area contributed by atoms with Crippen molar-refractivity contribution in [3.8, 4) is 0 Å². The molecule has 1 unspecified atom stereocenters. The summed E-state index contributed by atoms with van der Waals surface area (Å²) >= 11 is 0. The number of rotatable bonds is 6. The van der Waals surface area contributed by atoms with Gasteiger partial charge in [0.2, 0.25) is 0 Å². The molecule has 0 saturated heterocycles. The number of hydrogen-bond donors (Lipinski definition) is 1. The van der Waals surface area contributed by atoms with Crippen LogP contribution in [-0.2, 0) is 9.47 Å². The predicted octanol–water partition coefficient (Wildman–Crippen LogP) is -0.184. The largest absolute Gasteiger partial charge is 0.360 e. The highest BCUT2D eigenvalue weighted by Gasteiger charge is 2.11. The Morgan fingerprint density at radius 2 is 1.91 bits per heavy atom. The molecule has 0 spiro atoms. The highest BCUT2D eigenvalue weighted by molar-refractivity contribution is 6.38. The van der Waals surface area contributed by atoms with Gasteiger partial charge < -0.3 is 15.2 Å². The van der Waals surface area contributed by atoms with Crippen molar-refractivity contribution < 1.29 is 9.47 Å². The van der Waals surface area contributed by atoms with Crippen LogP contribution < -0.4 is 5.73 Å². The van der Waals surface area contributed by atoms with E-state index < -0.39 is 9.52 Å². The summed E-state index contributed by atoms with van der Waals surface area (Å²) in [5.74, 6) is -0.00319. The fraction of sp³-hybridized carbons (Fsp3) is 1.00. The molecule has 0 fully saturated rings. The minimum absolute atomic E-state index is 0.00319. The summed E-state index contributed by atoms with van der Waals surface area (Å²) in [5, 5.41) is 0. The topological polar surface area (TPSA) is 44.5 Å². The van der Waals surface area contributed by atoms with Crippen LogP contribution in [0.5, 0.6) is 0 Å². The molecule has 0 amide bonds. The first-order valence-corrected chi connectivity index (χ1v) is 5.69. The Kier molecular flexibility index (Phi) is 6.85. The Labute approximate surface area is 71.1 Å². The minimum Gasteiger partial charge on any atom is -0.360 e. The van der Waals surface area contributed by atoms with E-state index in [1.807, 2.05) is 0 Å². The lowest BCUT2D eigenvalue weighted by Crippen LogP contribution is -2.37. The fourth-order valence-corrected chi connectivity index (χ4v) is 2.55. The molecule has 68 valence electrons. The van der Waals surface area contributed by atoms with Gasteiger partial charge in [0.05, 0.1) is 0 Å². The van der Waals surface area contributed by atoms with Gasteiger partial charge in [-0.15, -0.1) is 0 Å².